The number of carbonyl (C=O) groups excluding carboxylic acids is 2. The molecule has 2 atom stereocenters. The van der Waals surface area contributed by atoms with Crippen molar-refractivity contribution in [2.45, 2.75) is 296 Å². The Labute approximate surface area is 385 Å². The van der Waals surface area contributed by atoms with Crippen molar-refractivity contribution in [3.05, 3.63) is 36.5 Å². The number of aliphatic hydroxyl groups is 2. The minimum absolute atomic E-state index is 0.0202. The van der Waals surface area contributed by atoms with Crippen LogP contribution in [-0.4, -0.2) is 47.4 Å². The Kier molecular flexibility index (Phi) is 50.1. The van der Waals surface area contributed by atoms with E-state index in [1.54, 1.807) is 0 Å². The van der Waals surface area contributed by atoms with E-state index < -0.39 is 12.1 Å². The number of nitrogens with one attached hydrogen (secondary N) is 1. The predicted molar refractivity (Wildman–Crippen MR) is 269 cm³/mol. The highest BCUT2D eigenvalue weighted by Gasteiger charge is 2.20. The van der Waals surface area contributed by atoms with Gasteiger partial charge in [0.15, 0.2) is 0 Å². The highest BCUT2D eigenvalue weighted by molar-refractivity contribution is 5.76. The first kappa shape index (κ1) is 60.1. The third kappa shape index (κ3) is 47.6. The lowest BCUT2D eigenvalue weighted by molar-refractivity contribution is -0.143. The van der Waals surface area contributed by atoms with Gasteiger partial charge in [0.25, 0.3) is 0 Å². The van der Waals surface area contributed by atoms with Gasteiger partial charge in [-0.2, -0.15) is 0 Å². The Morgan fingerprint density at radius 1 is 0.452 bits per heavy atom. The molecule has 62 heavy (non-hydrogen) atoms. The van der Waals surface area contributed by atoms with Gasteiger partial charge in [-0.1, -0.05) is 224 Å². The largest absolute Gasteiger partial charge is 0.466 e. The van der Waals surface area contributed by atoms with Crippen molar-refractivity contribution in [1.29, 1.82) is 0 Å². The van der Waals surface area contributed by atoms with Gasteiger partial charge in [-0.05, 0) is 83.5 Å². The molecule has 6 nitrogen and oxygen atoms in total. The zero-order chi connectivity index (χ0) is 45.1. The molecule has 0 spiro atoms. The van der Waals surface area contributed by atoms with Crippen molar-refractivity contribution < 1.29 is 24.5 Å². The zero-order valence-corrected chi connectivity index (χ0v) is 41.4. The van der Waals surface area contributed by atoms with E-state index in [2.05, 4.69) is 55.6 Å². The summed E-state index contributed by atoms with van der Waals surface area (Å²) < 4.78 is 5.46. The van der Waals surface area contributed by atoms with E-state index in [4.69, 9.17) is 4.74 Å². The summed E-state index contributed by atoms with van der Waals surface area (Å²) in [5, 5.41) is 23.2. The molecule has 0 aromatic rings. The topological polar surface area (TPSA) is 95.9 Å². The van der Waals surface area contributed by atoms with E-state index >= 15 is 0 Å². The van der Waals surface area contributed by atoms with Gasteiger partial charge in [0, 0.05) is 12.8 Å². The van der Waals surface area contributed by atoms with Crippen LogP contribution in [-0.2, 0) is 14.3 Å². The fourth-order valence-electron chi connectivity index (χ4n) is 8.19. The van der Waals surface area contributed by atoms with Crippen LogP contribution in [0.25, 0.3) is 0 Å². The fraction of sp³-hybridized carbons (Fsp3) is 0.857. The molecular weight excluding hydrogens is 767 g/mol. The van der Waals surface area contributed by atoms with Crippen molar-refractivity contribution in [3.8, 4) is 0 Å². The molecule has 0 bridgehead atoms. The molecule has 0 fully saturated rings. The molecule has 0 rings (SSSR count). The number of allylic oxidation sites excluding steroid dienone is 6. The number of ether oxygens (including phenoxy) is 1. The second-order valence-corrected chi connectivity index (χ2v) is 18.6. The lowest BCUT2D eigenvalue weighted by atomic mass is 10.0. The Balaban J connectivity index is 3.49. The van der Waals surface area contributed by atoms with Crippen molar-refractivity contribution in [2.75, 3.05) is 13.2 Å². The van der Waals surface area contributed by atoms with Crippen molar-refractivity contribution in [1.82, 2.24) is 5.32 Å². The molecule has 0 saturated carbocycles. The van der Waals surface area contributed by atoms with E-state index in [1.807, 2.05) is 0 Å². The van der Waals surface area contributed by atoms with Crippen LogP contribution in [0.1, 0.15) is 284 Å². The average Bonchev–Trinajstić information content (AvgIpc) is 3.27. The molecule has 1 amide bonds. The Hall–Kier alpha value is -1.92. The summed E-state index contributed by atoms with van der Waals surface area (Å²) >= 11 is 0. The van der Waals surface area contributed by atoms with E-state index in [1.165, 1.54) is 173 Å². The number of hydrogen-bond donors (Lipinski definition) is 3. The van der Waals surface area contributed by atoms with Gasteiger partial charge in [-0.25, -0.2) is 0 Å². The summed E-state index contributed by atoms with van der Waals surface area (Å²) in [6.45, 7) is 4.89. The van der Waals surface area contributed by atoms with Crippen LogP contribution in [0.4, 0.5) is 0 Å². The van der Waals surface area contributed by atoms with Crippen molar-refractivity contribution in [3.63, 3.8) is 0 Å². The quantitative estimate of drug-likeness (QED) is 0.0321. The van der Waals surface area contributed by atoms with Crippen LogP contribution in [0.3, 0.4) is 0 Å². The average molecular weight is 872 g/mol. The van der Waals surface area contributed by atoms with E-state index in [-0.39, 0.29) is 18.5 Å². The summed E-state index contributed by atoms with van der Waals surface area (Å²) in [4.78, 5) is 24.5. The maximum absolute atomic E-state index is 12.4. The molecule has 3 N–H and O–H groups in total. The maximum Gasteiger partial charge on any atom is 0.305 e. The molecule has 0 aromatic carbocycles. The maximum atomic E-state index is 12.4. The smallest absolute Gasteiger partial charge is 0.305 e. The fourth-order valence-corrected chi connectivity index (χ4v) is 8.19. The molecule has 0 aliphatic heterocycles. The van der Waals surface area contributed by atoms with Crippen LogP contribution in [0, 0.1) is 0 Å². The normalized spacial score (nSPS) is 12.9. The minimum atomic E-state index is -0.682. The molecule has 0 radical (unpaired) electrons. The lowest BCUT2D eigenvalue weighted by Gasteiger charge is -2.22. The minimum Gasteiger partial charge on any atom is -0.466 e. The number of hydrogen-bond acceptors (Lipinski definition) is 5. The standard InChI is InChI=1S/C56H105NO5/c1-3-5-7-9-11-13-15-17-19-20-21-22-26-30-34-38-42-46-50-56(61)62-51-47-43-39-35-31-27-23-25-29-33-37-41-45-49-55(60)57-53(52-58)54(59)48-44-40-36-32-28-24-18-16-14-12-10-8-6-4-2/h13,15,19-20,25,29,53-54,58-59H,3-12,14,16-18,21-24,26-28,30-52H2,1-2H3,(H,57,60)/b15-13-,20-19-,29-25-. The van der Waals surface area contributed by atoms with Crippen molar-refractivity contribution in [2.24, 2.45) is 0 Å². The van der Waals surface area contributed by atoms with E-state index in [0.717, 1.165) is 77.0 Å². The molecule has 364 valence electrons. The van der Waals surface area contributed by atoms with Crippen LogP contribution >= 0.6 is 0 Å². The van der Waals surface area contributed by atoms with Gasteiger partial charge in [0.2, 0.25) is 5.91 Å². The highest BCUT2D eigenvalue weighted by Crippen LogP contribution is 2.16. The van der Waals surface area contributed by atoms with Gasteiger partial charge in [-0.15, -0.1) is 0 Å². The summed E-state index contributed by atoms with van der Waals surface area (Å²) in [7, 11) is 0. The second kappa shape index (κ2) is 51.7. The first-order valence-electron chi connectivity index (χ1n) is 27.2. The number of esters is 1. The Morgan fingerprint density at radius 3 is 1.27 bits per heavy atom. The van der Waals surface area contributed by atoms with Gasteiger partial charge < -0.3 is 20.3 Å². The SMILES string of the molecule is CCCCCC/C=C\C/C=C\CCCCCCCCCC(=O)OCCCCCCCC/C=C\CCCCCC(=O)NC(CO)C(O)CCCCCCCCCCCCCCCC. The predicted octanol–water partition coefficient (Wildman–Crippen LogP) is 16.5. The monoisotopic (exact) mass is 872 g/mol. The Morgan fingerprint density at radius 2 is 0.806 bits per heavy atom. The molecule has 6 heteroatoms. The highest BCUT2D eigenvalue weighted by atomic mass is 16.5. The van der Waals surface area contributed by atoms with Gasteiger partial charge in [0.1, 0.15) is 0 Å². The number of aliphatic hydroxyl groups excluding tert-OH is 2. The summed E-state index contributed by atoms with van der Waals surface area (Å²) in [6, 6.07) is -0.562. The van der Waals surface area contributed by atoms with E-state index in [0.29, 0.717) is 25.9 Å². The molecule has 0 aliphatic carbocycles. The van der Waals surface area contributed by atoms with Gasteiger partial charge in [-0.3, -0.25) is 9.59 Å². The lowest BCUT2D eigenvalue weighted by Crippen LogP contribution is -2.45. The number of rotatable bonds is 50. The first-order chi connectivity index (χ1) is 30.5. The summed E-state index contributed by atoms with van der Waals surface area (Å²) in [6.07, 6.45) is 62.6. The van der Waals surface area contributed by atoms with Crippen LogP contribution in [0.2, 0.25) is 0 Å². The van der Waals surface area contributed by atoms with Crippen LogP contribution in [0.5, 0.6) is 0 Å². The molecule has 0 aromatic heterocycles. The first-order valence-corrected chi connectivity index (χ1v) is 27.2. The third-order valence-corrected chi connectivity index (χ3v) is 12.4. The van der Waals surface area contributed by atoms with Crippen LogP contribution < -0.4 is 5.32 Å². The second-order valence-electron chi connectivity index (χ2n) is 18.6. The zero-order valence-electron chi connectivity index (χ0n) is 41.4. The number of amides is 1. The molecule has 2 unspecified atom stereocenters. The third-order valence-electron chi connectivity index (χ3n) is 12.4. The van der Waals surface area contributed by atoms with Crippen LogP contribution in [0.15, 0.2) is 36.5 Å². The summed E-state index contributed by atoms with van der Waals surface area (Å²) in [5.74, 6) is -0.0857. The van der Waals surface area contributed by atoms with E-state index in [9.17, 15) is 19.8 Å². The molecule has 0 aliphatic rings. The van der Waals surface area contributed by atoms with Gasteiger partial charge in [0.05, 0.1) is 25.4 Å². The van der Waals surface area contributed by atoms with Crippen molar-refractivity contribution >= 4 is 11.9 Å². The number of carbonyl (C=O) groups is 2. The van der Waals surface area contributed by atoms with Gasteiger partial charge >= 0.3 is 5.97 Å². The number of unbranched alkanes of at least 4 members (excludes halogenated alkanes) is 33. The molecular formula is C56H105NO5. The molecule has 0 saturated heterocycles. The summed E-state index contributed by atoms with van der Waals surface area (Å²) in [5.41, 5.74) is 0. The Bertz CT molecular complexity index is 1010. The molecule has 0 heterocycles.